The van der Waals surface area contributed by atoms with Crippen molar-refractivity contribution in [2.24, 2.45) is 7.05 Å². The summed E-state index contributed by atoms with van der Waals surface area (Å²) in [5, 5.41) is 12.7. The van der Waals surface area contributed by atoms with E-state index in [4.69, 9.17) is 5.11 Å². The monoisotopic (exact) mass is 278 g/mol. The number of aromatic nitrogens is 2. The van der Waals surface area contributed by atoms with E-state index in [1.807, 2.05) is 0 Å². The molecular formula is C12H17F3N2O2. The molecule has 0 aromatic carbocycles. The number of aliphatic carboxylic acids is 1. The summed E-state index contributed by atoms with van der Waals surface area (Å²) in [5.74, 6) is -3.51. The third kappa shape index (κ3) is 3.71. The normalized spacial score (nSPS) is 14.5. The molecule has 4 nitrogen and oxygen atoms in total. The summed E-state index contributed by atoms with van der Waals surface area (Å²) in [4.78, 5) is 10.7. The van der Waals surface area contributed by atoms with Gasteiger partial charge >= 0.3 is 12.1 Å². The van der Waals surface area contributed by atoms with Crippen LogP contribution in [0.1, 0.15) is 44.4 Å². The molecule has 0 aliphatic carbocycles. The van der Waals surface area contributed by atoms with Gasteiger partial charge in [0.15, 0.2) is 0 Å². The molecule has 1 unspecified atom stereocenters. The van der Waals surface area contributed by atoms with Gasteiger partial charge in [-0.3, -0.25) is 9.48 Å². The van der Waals surface area contributed by atoms with E-state index >= 15 is 0 Å². The molecule has 0 saturated carbocycles. The van der Waals surface area contributed by atoms with Crippen molar-refractivity contribution in [3.8, 4) is 0 Å². The quantitative estimate of drug-likeness (QED) is 0.925. The molecule has 1 aromatic heterocycles. The molecule has 1 N–H and O–H groups in total. The van der Waals surface area contributed by atoms with Crippen molar-refractivity contribution in [2.45, 2.75) is 44.7 Å². The second-order valence-electron chi connectivity index (χ2n) is 5.55. The third-order valence-electron chi connectivity index (χ3n) is 2.72. The van der Waals surface area contributed by atoms with Gasteiger partial charge in [0.2, 0.25) is 0 Å². The zero-order valence-corrected chi connectivity index (χ0v) is 11.2. The number of carbonyl (C=O) groups is 1. The van der Waals surface area contributed by atoms with Gasteiger partial charge in [0, 0.05) is 24.2 Å². The summed E-state index contributed by atoms with van der Waals surface area (Å²) in [6, 6.07) is 0. The SMILES string of the molecule is Cn1cc(C(CC(=O)O)C(F)(F)F)c(C(C)(C)C)n1. The lowest BCUT2D eigenvalue weighted by Gasteiger charge is -2.23. The number of nitrogens with zero attached hydrogens (tertiary/aromatic N) is 2. The van der Waals surface area contributed by atoms with Gasteiger partial charge in [-0.25, -0.2) is 0 Å². The molecular weight excluding hydrogens is 261 g/mol. The van der Waals surface area contributed by atoms with E-state index in [2.05, 4.69) is 5.10 Å². The molecule has 0 amide bonds. The van der Waals surface area contributed by atoms with Crippen LogP contribution >= 0.6 is 0 Å². The van der Waals surface area contributed by atoms with Crippen LogP contribution in [0, 0.1) is 0 Å². The fraction of sp³-hybridized carbons (Fsp3) is 0.667. The Kier molecular flexibility index (Phi) is 3.97. The van der Waals surface area contributed by atoms with Crippen LogP contribution in [0.15, 0.2) is 6.20 Å². The van der Waals surface area contributed by atoms with Crippen LogP contribution in [0.2, 0.25) is 0 Å². The Morgan fingerprint density at radius 3 is 2.32 bits per heavy atom. The molecule has 7 heteroatoms. The summed E-state index contributed by atoms with van der Waals surface area (Å²) < 4.78 is 40.4. The first-order valence-electron chi connectivity index (χ1n) is 5.75. The number of halogens is 3. The van der Waals surface area contributed by atoms with Crippen molar-refractivity contribution in [3.63, 3.8) is 0 Å². The van der Waals surface area contributed by atoms with E-state index in [1.54, 1.807) is 20.8 Å². The summed E-state index contributed by atoms with van der Waals surface area (Å²) in [6.45, 7) is 5.23. The van der Waals surface area contributed by atoms with E-state index in [0.717, 1.165) is 0 Å². The van der Waals surface area contributed by atoms with Crippen molar-refractivity contribution >= 4 is 5.97 Å². The first kappa shape index (κ1) is 15.5. The number of carboxylic acids is 1. The average molecular weight is 278 g/mol. The Labute approximate surface area is 109 Å². The Hall–Kier alpha value is -1.53. The summed E-state index contributed by atoms with van der Waals surface area (Å²) in [5.41, 5.74) is -0.373. The van der Waals surface area contributed by atoms with Crippen LogP contribution in [-0.2, 0) is 17.3 Å². The van der Waals surface area contributed by atoms with Crippen molar-refractivity contribution in [1.82, 2.24) is 9.78 Å². The van der Waals surface area contributed by atoms with Gasteiger partial charge in [-0.05, 0) is 0 Å². The van der Waals surface area contributed by atoms with E-state index in [1.165, 1.54) is 17.9 Å². The molecule has 0 radical (unpaired) electrons. The Balaban J connectivity index is 3.34. The lowest BCUT2D eigenvalue weighted by Crippen LogP contribution is -2.26. The molecule has 1 rings (SSSR count). The zero-order valence-electron chi connectivity index (χ0n) is 11.2. The third-order valence-corrected chi connectivity index (χ3v) is 2.72. The Morgan fingerprint density at radius 1 is 1.42 bits per heavy atom. The molecule has 0 spiro atoms. The molecule has 0 fully saturated rings. The lowest BCUT2D eigenvalue weighted by molar-refractivity contribution is -0.163. The van der Waals surface area contributed by atoms with Crippen molar-refractivity contribution in [1.29, 1.82) is 0 Å². The number of aryl methyl sites for hydroxylation is 1. The Morgan fingerprint density at radius 2 is 1.95 bits per heavy atom. The number of alkyl halides is 3. The summed E-state index contributed by atoms with van der Waals surface area (Å²) >= 11 is 0. The van der Waals surface area contributed by atoms with Crippen LogP contribution in [0.4, 0.5) is 13.2 Å². The van der Waals surface area contributed by atoms with Crippen LogP contribution < -0.4 is 0 Å². The zero-order chi connectivity index (χ0) is 15.0. The minimum atomic E-state index is -4.61. The van der Waals surface area contributed by atoms with Crippen LogP contribution in [0.25, 0.3) is 0 Å². The summed E-state index contributed by atoms with van der Waals surface area (Å²) in [7, 11) is 1.52. The highest BCUT2D eigenvalue weighted by atomic mass is 19.4. The van der Waals surface area contributed by atoms with Crippen molar-refractivity contribution in [3.05, 3.63) is 17.5 Å². The van der Waals surface area contributed by atoms with Gasteiger partial charge in [-0.15, -0.1) is 0 Å². The van der Waals surface area contributed by atoms with E-state index < -0.39 is 29.9 Å². The number of hydrogen-bond donors (Lipinski definition) is 1. The van der Waals surface area contributed by atoms with Gasteiger partial charge in [-0.1, -0.05) is 20.8 Å². The highest BCUT2D eigenvalue weighted by Crippen LogP contribution is 2.41. The fourth-order valence-electron chi connectivity index (χ4n) is 1.92. The molecule has 0 aliphatic heterocycles. The largest absolute Gasteiger partial charge is 0.481 e. The molecule has 0 saturated heterocycles. The standard InChI is InChI=1S/C12H17F3N2O2/c1-11(2,3)10-7(6-17(4)16-10)8(5-9(18)19)12(13,14)15/h6,8H,5H2,1-4H3,(H,18,19). The number of carboxylic acid groups (broad SMARTS) is 1. The summed E-state index contributed by atoms with van der Waals surface area (Å²) in [6.07, 6.45) is -4.35. The van der Waals surface area contributed by atoms with Crippen molar-refractivity contribution in [2.75, 3.05) is 0 Å². The van der Waals surface area contributed by atoms with Crippen LogP contribution in [0.3, 0.4) is 0 Å². The van der Waals surface area contributed by atoms with E-state index in [9.17, 15) is 18.0 Å². The maximum atomic E-state index is 13.0. The molecule has 0 aliphatic rings. The van der Waals surface area contributed by atoms with Gasteiger partial charge in [0.25, 0.3) is 0 Å². The predicted molar refractivity (Wildman–Crippen MR) is 63.0 cm³/mol. The van der Waals surface area contributed by atoms with Crippen LogP contribution in [0.5, 0.6) is 0 Å². The molecule has 1 heterocycles. The van der Waals surface area contributed by atoms with E-state index in [-0.39, 0.29) is 11.3 Å². The highest BCUT2D eigenvalue weighted by Gasteiger charge is 2.45. The second kappa shape index (κ2) is 4.86. The average Bonchev–Trinajstić information content (AvgIpc) is 2.53. The van der Waals surface area contributed by atoms with Gasteiger partial charge in [0.05, 0.1) is 18.0 Å². The van der Waals surface area contributed by atoms with E-state index in [0.29, 0.717) is 0 Å². The lowest BCUT2D eigenvalue weighted by atomic mass is 9.84. The maximum absolute atomic E-state index is 13.0. The van der Waals surface area contributed by atoms with Crippen LogP contribution in [-0.4, -0.2) is 27.0 Å². The second-order valence-corrected chi connectivity index (χ2v) is 5.55. The predicted octanol–water partition coefficient (Wildman–Crippen LogP) is 2.84. The minimum absolute atomic E-state index is 0.0649. The fourth-order valence-corrected chi connectivity index (χ4v) is 1.92. The highest BCUT2D eigenvalue weighted by molar-refractivity contribution is 5.68. The van der Waals surface area contributed by atoms with Crippen molar-refractivity contribution < 1.29 is 23.1 Å². The molecule has 1 atom stereocenters. The molecule has 0 bridgehead atoms. The first-order chi connectivity index (χ1) is 8.43. The van der Waals surface area contributed by atoms with Gasteiger partial charge in [0.1, 0.15) is 0 Å². The molecule has 19 heavy (non-hydrogen) atoms. The number of hydrogen-bond acceptors (Lipinski definition) is 2. The topological polar surface area (TPSA) is 55.1 Å². The number of rotatable bonds is 3. The Bertz CT molecular complexity index is 472. The smallest absolute Gasteiger partial charge is 0.396 e. The maximum Gasteiger partial charge on any atom is 0.396 e. The van der Waals surface area contributed by atoms with Gasteiger partial charge < -0.3 is 5.11 Å². The molecule has 108 valence electrons. The minimum Gasteiger partial charge on any atom is -0.481 e. The first-order valence-corrected chi connectivity index (χ1v) is 5.75. The van der Waals surface area contributed by atoms with Gasteiger partial charge in [-0.2, -0.15) is 18.3 Å². The molecule has 1 aromatic rings.